The van der Waals surface area contributed by atoms with Gasteiger partial charge in [0.2, 0.25) is 5.91 Å². The maximum atomic E-state index is 11.4. The summed E-state index contributed by atoms with van der Waals surface area (Å²) in [6.45, 7) is 5.50. The highest BCUT2D eigenvalue weighted by molar-refractivity contribution is 5.78. The lowest BCUT2D eigenvalue weighted by Crippen LogP contribution is -2.26. The van der Waals surface area contributed by atoms with Gasteiger partial charge in [-0.15, -0.1) is 6.58 Å². The molecule has 74 valence electrons. The molecule has 0 aromatic carbocycles. The summed E-state index contributed by atoms with van der Waals surface area (Å²) in [6, 6.07) is 0. The fraction of sp³-hybridized carbons (Fsp3) is 0.700. The van der Waals surface area contributed by atoms with E-state index in [2.05, 4.69) is 6.58 Å². The molecule has 0 saturated carbocycles. The van der Waals surface area contributed by atoms with Crippen molar-refractivity contribution in [1.29, 1.82) is 0 Å². The Labute approximate surface area is 79.0 Å². The van der Waals surface area contributed by atoms with E-state index in [1.165, 1.54) is 0 Å². The molecule has 0 aromatic rings. The molecule has 1 unspecified atom stereocenters. The van der Waals surface area contributed by atoms with Gasteiger partial charge in [-0.25, -0.2) is 0 Å². The van der Waals surface area contributed by atoms with Crippen LogP contribution in [0.3, 0.4) is 0 Å². The molecule has 0 aliphatic carbocycles. The first kappa shape index (κ1) is 10.3. The number of nitrogens with zero attached hydrogens (tertiary/aromatic N) is 1. The van der Waals surface area contributed by atoms with E-state index in [0.29, 0.717) is 12.3 Å². The number of carbonyl (C=O) groups is 1. The normalized spacial score (nSPS) is 22.4. The molecule has 1 N–H and O–H groups in total. The zero-order chi connectivity index (χ0) is 9.68. The van der Waals surface area contributed by atoms with Crippen LogP contribution in [0.1, 0.15) is 19.3 Å². The fourth-order valence-electron chi connectivity index (χ4n) is 1.59. The molecule has 13 heavy (non-hydrogen) atoms. The highest BCUT2D eigenvalue weighted by Gasteiger charge is 2.26. The third-order valence-corrected chi connectivity index (χ3v) is 2.41. The summed E-state index contributed by atoms with van der Waals surface area (Å²) in [5, 5.41) is 8.58. The third-order valence-electron chi connectivity index (χ3n) is 2.41. The lowest BCUT2D eigenvalue weighted by Gasteiger charge is -2.15. The van der Waals surface area contributed by atoms with Gasteiger partial charge in [0.1, 0.15) is 0 Å². The first-order chi connectivity index (χ1) is 6.27. The number of aliphatic hydroxyl groups excluding tert-OH is 1. The predicted octanol–water partition coefficient (Wildman–Crippen LogP) is 0.793. The van der Waals surface area contributed by atoms with Crippen LogP contribution in [0.25, 0.3) is 0 Å². The van der Waals surface area contributed by atoms with Crippen LogP contribution in [0, 0.1) is 5.92 Å². The van der Waals surface area contributed by atoms with Crippen molar-refractivity contribution in [3.63, 3.8) is 0 Å². The lowest BCUT2D eigenvalue weighted by molar-refractivity contribution is -0.127. The SMILES string of the molecule is C=CC1CC(=O)N(CCCCO)C1. The molecule has 3 nitrogen and oxygen atoms in total. The highest BCUT2D eigenvalue weighted by Crippen LogP contribution is 2.18. The Morgan fingerprint density at radius 3 is 2.92 bits per heavy atom. The summed E-state index contributed by atoms with van der Waals surface area (Å²) in [5.41, 5.74) is 0. The molecule has 3 heteroatoms. The van der Waals surface area contributed by atoms with Crippen LogP contribution >= 0.6 is 0 Å². The average molecular weight is 183 g/mol. The number of carbonyl (C=O) groups excluding carboxylic acids is 1. The summed E-state index contributed by atoms with van der Waals surface area (Å²) < 4.78 is 0. The quantitative estimate of drug-likeness (QED) is 0.506. The molecule has 0 radical (unpaired) electrons. The van der Waals surface area contributed by atoms with Crippen molar-refractivity contribution in [2.45, 2.75) is 19.3 Å². The molecule has 0 bridgehead atoms. The number of amides is 1. The van der Waals surface area contributed by atoms with Gasteiger partial charge in [-0.3, -0.25) is 4.79 Å². The predicted molar refractivity (Wildman–Crippen MR) is 51.2 cm³/mol. The molecule has 1 amide bonds. The molecular weight excluding hydrogens is 166 g/mol. The topological polar surface area (TPSA) is 40.5 Å². The Kier molecular flexibility index (Phi) is 3.96. The van der Waals surface area contributed by atoms with Crippen LogP contribution < -0.4 is 0 Å². The maximum absolute atomic E-state index is 11.4. The monoisotopic (exact) mass is 183 g/mol. The minimum Gasteiger partial charge on any atom is -0.396 e. The van der Waals surface area contributed by atoms with Crippen LogP contribution in [0.15, 0.2) is 12.7 Å². The van der Waals surface area contributed by atoms with Gasteiger partial charge in [0.25, 0.3) is 0 Å². The Balaban J connectivity index is 2.26. The Hall–Kier alpha value is -0.830. The van der Waals surface area contributed by atoms with Crippen LogP contribution in [-0.2, 0) is 4.79 Å². The molecule has 1 atom stereocenters. The highest BCUT2D eigenvalue weighted by atomic mass is 16.2. The smallest absolute Gasteiger partial charge is 0.223 e. The second kappa shape index (κ2) is 5.02. The van der Waals surface area contributed by atoms with E-state index in [0.717, 1.165) is 25.9 Å². The second-order valence-corrected chi connectivity index (χ2v) is 3.47. The number of aliphatic hydroxyl groups is 1. The van der Waals surface area contributed by atoms with E-state index in [4.69, 9.17) is 5.11 Å². The second-order valence-electron chi connectivity index (χ2n) is 3.47. The average Bonchev–Trinajstić information content (AvgIpc) is 2.48. The van der Waals surface area contributed by atoms with E-state index in [1.807, 2.05) is 11.0 Å². The number of hydrogen-bond acceptors (Lipinski definition) is 2. The number of hydrogen-bond donors (Lipinski definition) is 1. The lowest BCUT2D eigenvalue weighted by atomic mass is 10.1. The summed E-state index contributed by atoms with van der Waals surface area (Å²) in [4.78, 5) is 13.2. The Morgan fingerprint density at radius 1 is 1.62 bits per heavy atom. The van der Waals surface area contributed by atoms with E-state index >= 15 is 0 Å². The molecule has 1 rings (SSSR count). The Bertz CT molecular complexity index is 191. The summed E-state index contributed by atoms with van der Waals surface area (Å²) in [5.74, 6) is 0.560. The first-order valence-electron chi connectivity index (χ1n) is 4.79. The van der Waals surface area contributed by atoms with E-state index in [-0.39, 0.29) is 12.5 Å². The van der Waals surface area contributed by atoms with Gasteiger partial charge >= 0.3 is 0 Å². The molecule has 1 aliphatic heterocycles. The molecule has 0 spiro atoms. The molecular formula is C10H17NO2. The molecule has 1 saturated heterocycles. The van der Waals surface area contributed by atoms with Gasteiger partial charge in [-0.1, -0.05) is 6.08 Å². The largest absolute Gasteiger partial charge is 0.396 e. The van der Waals surface area contributed by atoms with Crippen LogP contribution in [0.5, 0.6) is 0 Å². The number of rotatable bonds is 5. The van der Waals surface area contributed by atoms with Gasteiger partial charge in [0.05, 0.1) is 0 Å². The Morgan fingerprint density at radius 2 is 2.38 bits per heavy atom. The van der Waals surface area contributed by atoms with E-state index in [9.17, 15) is 4.79 Å². The third kappa shape index (κ3) is 2.84. The first-order valence-corrected chi connectivity index (χ1v) is 4.79. The van der Waals surface area contributed by atoms with E-state index < -0.39 is 0 Å². The molecule has 1 heterocycles. The summed E-state index contributed by atoms with van der Waals surface area (Å²) >= 11 is 0. The fourth-order valence-corrected chi connectivity index (χ4v) is 1.59. The van der Waals surface area contributed by atoms with E-state index in [1.54, 1.807) is 0 Å². The van der Waals surface area contributed by atoms with Crippen molar-refractivity contribution in [2.24, 2.45) is 5.92 Å². The minimum absolute atomic E-state index is 0.215. The summed E-state index contributed by atoms with van der Waals surface area (Å²) in [7, 11) is 0. The van der Waals surface area contributed by atoms with Gasteiger partial charge < -0.3 is 10.0 Å². The maximum Gasteiger partial charge on any atom is 0.223 e. The molecule has 0 aromatic heterocycles. The van der Waals surface area contributed by atoms with Crippen molar-refractivity contribution < 1.29 is 9.90 Å². The van der Waals surface area contributed by atoms with Crippen LogP contribution in [-0.4, -0.2) is 35.6 Å². The van der Waals surface area contributed by atoms with Gasteiger partial charge in [0.15, 0.2) is 0 Å². The zero-order valence-electron chi connectivity index (χ0n) is 7.91. The zero-order valence-corrected chi connectivity index (χ0v) is 7.91. The van der Waals surface area contributed by atoms with Crippen molar-refractivity contribution in [3.05, 3.63) is 12.7 Å². The van der Waals surface area contributed by atoms with Gasteiger partial charge in [-0.05, 0) is 12.8 Å². The minimum atomic E-state index is 0.215. The summed E-state index contributed by atoms with van der Waals surface area (Å²) in [6.07, 6.45) is 4.14. The van der Waals surface area contributed by atoms with Crippen LogP contribution in [0.2, 0.25) is 0 Å². The van der Waals surface area contributed by atoms with Crippen molar-refractivity contribution >= 4 is 5.91 Å². The molecule has 1 fully saturated rings. The number of unbranched alkanes of at least 4 members (excludes halogenated alkanes) is 1. The van der Waals surface area contributed by atoms with Gasteiger partial charge in [-0.2, -0.15) is 0 Å². The van der Waals surface area contributed by atoms with Crippen molar-refractivity contribution in [3.8, 4) is 0 Å². The standard InChI is InChI=1S/C10H17NO2/c1-2-9-7-10(13)11(8-9)5-3-4-6-12/h2,9,12H,1,3-8H2. The van der Waals surface area contributed by atoms with Crippen molar-refractivity contribution in [2.75, 3.05) is 19.7 Å². The van der Waals surface area contributed by atoms with Gasteiger partial charge in [0, 0.05) is 32.0 Å². The van der Waals surface area contributed by atoms with Crippen molar-refractivity contribution in [1.82, 2.24) is 4.90 Å². The number of likely N-dealkylation sites (tertiary alicyclic amines) is 1. The van der Waals surface area contributed by atoms with Crippen LogP contribution in [0.4, 0.5) is 0 Å². The molecule has 1 aliphatic rings.